The van der Waals surface area contributed by atoms with E-state index in [1.807, 2.05) is 24.3 Å². The Morgan fingerprint density at radius 2 is 1.11 bits per heavy atom. The summed E-state index contributed by atoms with van der Waals surface area (Å²) in [6, 6.07) is 62.3. The molecule has 0 radical (unpaired) electrons. The van der Waals surface area contributed by atoms with Crippen LogP contribution in [-0.2, 0) is 0 Å². The third-order valence-electron chi connectivity index (χ3n) is 11.3. The SMILES string of the molecule is C1=CCCC(c2c(-c3cccc4ccccc34)nn3c(-c4ccccc4)c(-c4ccc(-c5nc(-c6ccccc6)nc6ccccc56)cc4)c4ccccc4c23)=C1. The zero-order chi connectivity index (χ0) is 37.7. The normalized spacial score (nSPS) is 12.8. The fraction of sp³-hybridized carbons (Fsp3) is 0.0377. The Balaban J connectivity index is 1.20. The molecule has 7 aromatic carbocycles. The van der Waals surface area contributed by atoms with Crippen molar-refractivity contribution in [3.63, 3.8) is 0 Å². The van der Waals surface area contributed by atoms with Crippen molar-refractivity contribution in [1.29, 1.82) is 0 Å². The zero-order valence-corrected chi connectivity index (χ0v) is 31.2. The lowest BCUT2D eigenvalue weighted by atomic mass is 9.88. The number of benzene rings is 7. The van der Waals surface area contributed by atoms with Crippen molar-refractivity contribution in [2.24, 2.45) is 0 Å². The van der Waals surface area contributed by atoms with Gasteiger partial charge >= 0.3 is 0 Å². The summed E-state index contributed by atoms with van der Waals surface area (Å²) in [7, 11) is 0. The molecule has 0 aliphatic heterocycles. The van der Waals surface area contributed by atoms with Gasteiger partial charge in [0.2, 0.25) is 0 Å². The smallest absolute Gasteiger partial charge is 0.160 e. The molecule has 11 rings (SSSR count). The number of para-hydroxylation sites is 1. The summed E-state index contributed by atoms with van der Waals surface area (Å²) in [4.78, 5) is 10.1. The first kappa shape index (κ1) is 33.0. The maximum absolute atomic E-state index is 5.69. The largest absolute Gasteiger partial charge is 0.231 e. The zero-order valence-electron chi connectivity index (χ0n) is 31.2. The van der Waals surface area contributed by atoms with E-state index in [4.69, 9.17) is 15.1 Å². The molecule has 3 heterocycles. The molecule has 0 fully saturated rings. The summed E-state index contributed by atoms with van der Waals surface area (Å²) in [5.74, 6) is 0.719. The number of hydrogen-bond donors (Lipinski definition) is 0. The highest BCUT2D eigenvalue weighted by Gasteiger charge is 2.27. The van der Waals surface area contributed by atoms with Gasteiger partial charge in [0, 0.05) is 44.2 Å². The number of hydrogen-bond acceptors (Lipinski definition) is 3. The lowest BCUT2D eigenvalue weighted by Gasteiger charge is -2.18. The Hall–Kier alpha value is -7.43. The van der Waals surface area contributed by atoms with E-state index in [1.165, 1.54) is 32.7 Å². The molecule has 1 aliphatic carbocycles. The average molecular weight is 729 g/mol. The summed E-state index contributed by atoms with van der Waals surface area (Å²) < 4.78 is 2.25. The quantitative estimate of drug-likeness (QED) is 0.171. The average Bonchev–Trinajstić information content (AvgIpc) is 3.69. The highest BCUT2D eigenvalue weighted by molar-refractivity contribution is 6.14. The Bertz CT molecular complexity index is 3210. The van der Waals surface area contributed by atoms with E-state index < -0.39 is 0 Å². The second kappa shape index (κ2) is 13.7. The van der Waals surface area contributed by atoms with Crippen molar-refractivity contribution in [3.8, 4) is 56.3 Å². The minimum Gasteiger partial charge on any atom is -0.231 e. The Labute approximate surface area is 330 Å². The first-order chi connectivity index (χ1) is 28.3. The predicted octanol–water partition coefficient (Wildman–Crippen LogP) is 13.7. The number of fused-ring (bicyclic) bond motifs is 5. The van der Waals surface area contributed by atoms with Crippen LogP contribution in [0.2, 0.25) is 0 Å². The van der Waals surface area contributed by atoms with E-state index in [2.05, 4.69) is 174 Å². The van der Waals surface area contributed by atoms with E-state index in [0.717, 1.165) is 85.5 Å². The fourth-order valence-electron chi connectivity index (χ4n) is 8.67. The Morgan fingerprint density at radius 1 is 0.456 bits per heavy atom. The van der Waals surface area contributed by atoms with Crippen molar-refractivity contribution in [2.45, 2.75) is 12.8 Å². The number of pyridine rings is 1. The van der Waals surface area contributed by atoms with Crippen molar-refractivity contribution in [1.82, 2.24) is 19.6 Å². The molecule has 1 aliphatic rings. The number of allylic oxidation sites excluding steroid dienone is 4. The van der Waals surface area contributed by atoms with Gasteiger partial charge in [-0.15, -0.1) is 0 Å². The van der Waals surface area contributed by atoms with E-state index in [0.29, 0.717) is 0 Å². The number of rotatable bonds is 6. The van der Waals surface area contributed by atoms with E-state index in [9.17, 15) is 0 Å². The highest BCUT2D eigenvalue weighted by Crippen LogP contribution is 2.46. The van der Waals surface area contributed by atoms with Gasteiger partial charge in [0.25, 0.3) is 0 Å². The second-order valence-electron chi connectivity index (χ2n) is 14.7. The van der Waals surface area contributed by atoms with Crippen molar-refractivity contribution >= 4 is 43.5 Å². The second-order valence-corrected chi connectivity index (χ2v) is 14.7. The van der Waals surface area contributed by atoms with Gasteiger partial charge in [0.1, 0.15) is 5.69 Å². The molecule has 0 bridgehead atoms. The molecule has 10 aromatic rings. The standard InChI is InChI=1S/C53H36N4/c1-4-18-36(19-5-1)48-50(43-29-16-24-35-17-10-11-25-41(35)43)56-57-51(39-20-6-2-7-21-39)47(42-26-12-13-27-44(42)52(48)57)37-31-33-38(34-32-37)49-45-28-14-15-30-46(45)54-53(55-49)40-22-8-3-9-23-40/h1-4,6-18,20-34H,5,19H2. The van der Waals surface area contributed by atoms with Crippen LogP contribution in [0.1, 0.15) is 18.4 Å². The molecule has 0 unspecified atom stereocenters. The van der Waals surface area contributed by atoms with Gasteiger partial charge in [-0.3, -0.25) is 0 Å². The predicted molar refractivity (Wildman–Crippen MR) is 237 cm³/mol. The van der Waals surface area contributed by atoms with Crippen LogP contribution in [0.4, 0.5) is 0 Å². The minimum absolute atomic E-state index is 0.719. The van der Waals surface area contributed by atoms with Crippen molar-refractivity contribution < 1.29 is 0 Å². The van der Waals surface area contributed by atoms with Crippen LogP contribution in [0.5, 0.6) is 0 Å². The molecular weight excluding hydrogens is 693 g/mol. The summed E-state index contributed by atoms with van der Waals surface area (Å²) in [6.45, 7) is 0. The van der Waals surface area contributed by atoms with Crippen molar-refractivity contribution in [2.75, 3.05) is 0 Å². The van der Waals surface area contributed by atoms with Crippen LogP contribution in [0, 0.1) is 0 Å². The van der Waals surface area contributed by atoms with Crippen LogP contribution in [0.15, 0.2) is 194 Å². The first-order valence-corrected chi connectivity index (χ1v) is 19.6. The van der Waals surface area contributed by atoms with E-state index in [-0.39, 0.29) is 0 Å². The van der Waals surface area contributed by atoms with Crippen LogP contribution in [0.3, 0.4) is 0 Å². The highest BCUT2D eigenvalue weighted by atomic mass is 15.2. The molecule has 268 valence electrons. The fourth-order valence-corrected chi connectivity index (χ4v) is 8.67. The molecule has 0 spiro atoms. The van der Waals surface area contributed by atoms with Gasteiger partial charge in [-0.05, 0) is 46.2 Å². The van der Waals surface area contributed by atoms with Gasteiger partial charge in [-0.2, -0.15) is 5.10 Å². The molecule has 0 amide bonds. The molecule has 3 aromatic heterocycles. The minimum atomic E-state index is 0.719. The Morgan fingerprint density at radius 3 is 1.88 bits per heavy atom. The molecule has 0 atom stereocenters. The number of aromatic nitrogens is 4. The number of nitrogens with zero attached hydrogens (tertiary/aromatic N) is 4. The maximum Gasteiger partial charge on any atom is 0.160 e. The van der Waals surface area contributed by atoms with Crippen LogP contribution >= 0.6 is 0 Å². The van der Waals surface area contributed by atoms with Crippen LogP contribution in [-0.4, -0.2) is 19.6 Å². The van der Waals surface area contributed by atoms with Crippen LogP contribution in [0.25, 0.3) is 99.8 Å². The van der Waals surface area contributed by atoms with Gasteiger partial charge in [-0.25, -0.2) is 14.5 Å². The Kier molecular flexibility index (Phi) is 7.92. The molecular formula is C53H36N4. The molecule has 57 heavy (non-hydrogen) atoms. The third kappa shape index (κ3) is 5.57. The first-order valence-electron chi connectivity index (χ1n) is 19.6. The van der Waals surface area contributed by atoms with Crippen LogP contribution < -0.4 is 0 Å². The molecule has 4 heteroatoms. The summed E-state index contributed by atoms with van der Waals surface area (Å²) >= 11 is 0. The topological polar surface area (TPSA) is 43.1 Å². The summed E-state index contributed by atoms with van der Waals surface area (Å²) in [5, 5.41) is 11.5. The lowest BCUT2D eigenvalue weighted by Crippen LogP contribution is -2.00. The monoisotopic (exact) mass is 728 g/mol. The molecule has 0 saturated carbocycles. The lowest BCUT2D eigenvalue weighted by molar-refractivity contribution is 0.981. The van der Waals surface area contributed by atoms with Gasteiger partial charge in [-0.1, -0.05) is 188 Å². The summed E-state index contributed by atoms with van der Waals surface area (Å²) in [5.41, 5.74) is 14.1. The van der Waals surface area contributed by atoms with Crippen molar-refractivity contribution in [3.05, 3.63) is 200 Å². The van der Waals surface area contributed by atoms with Gasteiger partial charge in [0.05, 0.1) is 22.4 Å². The molecule has 0 N–H and O–H groups in total. The van der Waals surface area contributed by atoms with E-state index >= 15 is 0 Å². The third-order valence-corrected chi connectivity index (χ3v) is 11.3. The van der Waals surface area contributed by atoms with Gasteiger partial charge < -0.3 is 0 Å². The van der Waals surface area contributed by atoms with E-state index in [1.54, 1.807) is 0 Å². The summed E-state index contributed by atoms with van der Waals surface area (Å²) in [6.07, 6.45) is 8.71. The maximum atomic E-state index is 5.69. The van der Waals surface area contributed by atoms with Gasteiger partial charge in [0.15, 0.2) is 5.82 Å². The molecule has 4 nitrogen and oxygen atoms in total. The molecule has 0 saturated heterocycles.